The van der Waals surface area contributed by atoms with Crippen molar-refractivity contribution in [1.29, 1.82) is 0 Å². The first-order valence-electron chi connectivity index (χ1n) is 6.20. The van der Waals surface area contributed by atoms with Gasteiger partial charge in [0.25, 0.3) is 5.91 Å². The van der Waals surface area contributed by atoms with Gasteiger partial charge in [-0.1, -0.05) is 17.7 Å². The minimum absolute atomic E-state index is 0.0464. The molecule has 0 saturated carbocycles. The van der Waals surface area contributed by atoms with Gasteiger partial charge >= 0.3 is 12.1 Å². The van der Waals surface area contributed by atoms with Gasteiger partial charge in [-0.3, -0.25) is 4.79 Å². The number of carbonyl (C=O) groups is 2. The first kappa shape index (κ1) is 16.8. The number of carboxylic acid groups (broad SMARTS) is 1. The highest BCUT2D eigenvalue weighted by Gasteiger charge is 2.30. The van der Waals surface area contributed by atoms with E-state index in [1.165, 1.54) is 18.2 Å². The molecule has 2 aromatic rings. The number of amides is 1. The van der Waals surface area contributed by atoms with E-state index in [0.717, 1.165) is 24.3 Å². The zero-order valence-corrected chi connectivity index (χ0v) is 12.1. The molecular formula is C15H9ClF3NO3. The van der Waals surface area contributed by atoms with E-state index >= 15 is 0 Å². The Morgan fingerprint density at radius 3 is 2.17 bits per heavy atom. The molecule has 1 amide bonds. The van der Waals surface area contributed by atoms with Crippen molar-refractivity contribution < 1.29 is 27.9 Å². The van der Waals surface area contributed by atoms with Crippen molar-refractivity contribution in [3.63, 3.8) is 0 Å². The largest absolute Gasteiger partial charge is 0.478 e. The van der Waals surface area contributed by atoms with Crippen LogP contribution in [0.1, 0.15) is 26.3 Å². The summed E-state index contributed by atoms with van der Waals surface area (Å²) in [6, 6.07) is 7.66. The number of rotatable bonds is 3. The molecule has 0 spiro atoms. The number of halogens is 4. The summed E-state index contributed by atoms with van der Waals surface area (Å²) in [6.07, 6.45) is -4.50. The van der Waals surface area contributed by atoms with Gasteiger partial charge in [0.1, 0.15) is 5.56 Å². The molecule has 0 fully saturated rings. The quantitative estimate of drug-likeness (QED) is 0.872. The molecule has 0 aliphatic heterocycles. The van der Waals surface area contributed by atoms with Crippen molar-refractivity contribution in [2.24, 2.45) is 0 Å². The Hall–Kier alpha value is -2.54. The molecule has 0 saturated heterocycles. The maximum atomic E-state index is 12.5. The van der Waals surface area contributed by atoms with Gasteiger partial charge in [0.05, 0.1) is 16.3 Å². The number of alkyl halides is 3. The Kier molecular flexibility index (Phi) is 4.60. The molecule has 2 aromatic carbocycles. The zero-order chi connectivity index (χ0) is 17.2. The molecule has 2 rings (SSSR count). The Morgan fingerprint density at radius 2 is 1.65 bits per heavy atom. The number of hydrogen-bond donors (Lipinski definition) is 2. The molecule has 0 heterocycles. The topological polar surface area (TPSA) is 66.4 Å². The van der Waals surface area contributed by atoms with Crippen LogP contribution in [0.4, 0.5) is 18.9 Å². The summed E-state index contributed by atoms with van der Waals surface area (Å²) in [6.45, 7) is 0. The van der Waals surface area contributed by atoms with Gasteiger partial charge in [-0.2, -0.15) is 13.2 Å². The Labute approximate surface area is 133 Å². The van der Waals surface area contributed by atoms with Gasteiger partial charge in [-0.25, -0.2) is 4.79 Å². The Bertz CT molecular complexity index is 758. The van der Waals surface area contributed by atoms with Gasteiger partial charge in [0, 0.05) is 5.56 Å². The lowest BCUT2D eigenvalue weighted by atomic mass is 10.1. The van der Waals surface area contributed by atoms with Crippen LogP contribution < -0.4 is 5.32 Å². The molecule has 0 bridgehead atoms. The lowest BCUT2D eigenvalue weighted by molar-refractivity contribution is -0.137. The van der Waals surface area contributed by atoms with Crippen molar-refractivity contribution >= 4 is 29.2 Å². The number of aromatic carboxylic acids is 1. The van der Waals surface area contributed by atoms with Crippen molar-refractivity contribution in [1.82, 2.24) is 0 Å². The summed E-state index contributed by atoms with van der Waals surface area (Å²) >= 11 is 5.77. The molecule has 0 aliphatic carbocycles. The van der Waals surface area contributed by atoms with Crippen LogP contribution in [-0.2, 0) is 6.18 Å². The summed E-state index contributed by atoms with van der Waals surface area (Å²) in [5.74, 6) is -2.08. The van der Waals surface area contributed by atoms with Crippen molar-refractivity contribution in [2.75, 3.05) is 5.32 Å². The molecule has 4 nitrogen and oxygen atoms in total. The lowest BCUT2D eigenvalue weighted by Gasteiger charge is -2.11. The summed E-state index contributed by atoms with van der Waals surface area (Å²) in [5.41, 5.74) is -1.28. The number of benzene rings is 2. The fraction of sp³-hybridized carbons (Fsp3) is 0.0667. The normalized spacial score (nSPS) is 11.1. The van der Waals surface area contributed by atoms with Crippen LogP contribution in [0.3, 0.4) is 0 Å². The standard InChI is InChI=1S/C15H9ClF3NO3/c16-10-2-1-3-11(12(10)14(22)23)20-13(21)8-4-6-9(7-5-8)15(17,18)19/h1-7H,(H,20,21)(H,22,23). The second-order valence-corrected chi connectivity index (χ2v) is 4.90. The molecule has 2 N–H and O–H groups in total. The van der Waals surface area contributed by atoms with E-state index in [-0.39, 0.29) is 21.8 Å². The predicted molar refractivity (Wildman–Crippen MR) is 77.8 cm³/mol. The van der Waals surface area contributed by atoms with E-state index in [0.29, 0.717) is 0 Å². The van der Waals surface area contributed by atoms with Gasteiger partial charge in [0.15, 0.2) is 0 Å². The molecule has 120 valence electrons. The summed E-state index contributed by atoms with van der Waals surface area (Å²) in [5, 5.41) is 11.3. The third-order valence-electron chi connectivity index (χ3n) is 2.95. The third kappa shape index (κ3) is 3.81. The smallest absolute Gasteiger partial charge is 0.416 e. The molecule has 0 unspecified atom stereocenters. The Morgan fingerprint density at radius 1 is 1.04 bits per heavy atom. The third-order valence-corrected chi connectivity index (χ3v) is 3.27. The van der Waals surface area contributed by atoms with E-state index in [1.807, 2.05) is 0 Å². The fourth-order valence-corrected chi connectivity index (χ4v) is 2.11. The minimum atomic E-state index is -4.50. The fourth-order valence-electron chi connectivity index (χ4n) is 1.85. The summed E-state index contributed by atoms with van der Waals surface area (Å²) in [4.78, 5) is 23.2. The van der Waals surface area contributed by atoms with Crippen LogP contribution in [0.25, 0.3) is 0 Å². The van der Waals surface area contributed by atoms with E-state index in [4.69, 9.17) is 16.7 Å². The molecule has 0 radical (unpaired) electrons. The van der Waals surface area contributed by atoms with Crippen LogP contribution in [0.15, 0.2) is 42.5 Å². The van der Waals surface area contributed by atoms with Crippen molar-refractivity contribution in [3.8, 4) is 0 Å². The first-order chi connectivity index (χ1) is 10.7. The number of anilines is 1. The lowest BCUT2D eigenvalue weighted by Crippen LogP contribution is -2.15. The average molecular weight is 344 g/mol. The van der Waals surface area contributed by atoms with Gasteiger partial charge in [0.2, 0.25) is 0 Å². The number of hydrogen-bond acceptors (Lipinski definition) is 2. The van der Waals surface area contributed by atoms with Crippen LogP contribution in [0.2, 0.25) is 5.02 Å². The summed E-state index contributed by atoms with van der Waals surface area (Å²) < 4.78 is 37.4. The molecule has 0 aliphatic rings. The Balaban J connectivity index is 2.27. The van der Waals surface area contributed by atoms with Crippen molar-refractivity contribution in [2.45, 2.75) is 6.18 Å². The molecule has 8 heteroatoms. The highest BCUT2D eigenvalue weighted by Crippen LogP contribution is 2.29. The number of carboxylic acids is 1. The average Bonchev–Trinajstić information content (AvgIpc) is 2.46. The maximum absolute atomic E-state index is 12.5. The zero-order valence-electron chi connectivity index (χ0n) is 11.3. The van der Waals surface area contributed by atoms with E-state index in [2.05, 4.69) is 5.32 Å². The van der Waals surface area contributed by atoms with Gasteiger partial charge in [-0.15, -0.1) is 0 Å². The van der Waals surface area contributed by atoms with E-state index < -0.39 is 23.6 Å². The van der Waals surface area contributed by atoms with E-state index in [1.54, 1.807) is 0 Å². The van der Waals surface area contributed by atoms with Gasteiger partial charge < -0.3 is 10.4 Å². The minimum Gasteiger partial charge on any atom is -0.478 e. The van der Waals surface area contributed by atoms with Crippen LogP contribution in [0.5, 0.6) is 0 Å². The molecule has 23 heavy (non-hydrogen) atoms. The first-order valence-corrected chi connectivity index (χ1v) is 6.58. The van der Waals surface area contributed by atoms with Crippen molar-refractivity contribution in [3.05, 3.63) is 64.2 Å². The number of nitrogens with one attached hydrogen (secondary N) is 1. The summed E-state index contributed by atoms with van der Waals surface area (Å²) in [7, 11) is 0. The highest BCUT2D eigenvalue weighted by molar-refractivity contribution is 6.34. The molecule has 0 atom stereocenters. The van der Waals surface area contributed by atoms with Crippen LogP contribution >= 0.6 is 11.6 Å². The highest BCUT2D eigenvalue weighted by atomic mass is 35.5. The van der Waals surface area contributed by atoms with Crippen LogP contribution in [0, 0.1) is 0 Å². The second kappa shape index (κ2) is 6.29. The second-order valence-electron chi connectivity index (χ2n) is 4.50. The monoisotopic (exact) mass is 343 g/mol. The molecule has 0 aromatic heterocycles. The van der Waals surface area contributed by atoms with Crippen LogP contribution in [-0.4, -0.2) is 17.0 Å². The van der Waals surface area contributed by atoms with Gasteiger partial charge in [-0.05, 0) is 36.4 Å². The molecular weight excluding hydrogens is 335 g/mol. The SMILES string of the molecule is O=C(Nc1cccc(Cl)c1C(=O)O)c1ccc(C(F)(F)F)cc1. The predicted octanol–water partition coefficient (Wildman–Crippen LogP) is 4.31. The van der Waals surface area contributed by atoms with E-state index in [9.17, 15) is 22.8 Å². The number of carbonyl (C=O) groups excluding carboxylic acids is 1. The maximum Gasteiger partial charge on any atom is 0.416 e.